The fourth-order valence-electron chi connectivity index (χ4n) is 5.53. The molecule has 142 valence electrons. The van der Waals surface area contributed by atoms with Crippen molar-refractivity contribution in [1.82, 2.24) is 4.90 Å². The number of rotatable bonds is 6. The molecule has 1 unspecified atom stereocenters. The standard InChI is InChI=1S/C22H31NO3/c1-15-20-12-17-7-8-18(24)13-19(17)22(15,9-3-4-21(25)26-2)10-11-23(20)14-16-5-6-16/h7-8,13,15-16,20,24H,3-6,9-12,14H2,1-2H3/t15-,20+,22?/m0/s1. The molecule has 2 aliphatic carbocycles. The average molecular weight is 357 g/mol. The summed E-state index contributed by atoms with van der Waals surface area (Å²) in [6, 6.07) is 6.54. The van der Waals surface area contributed by atoms with E-state index in [1.54, 1.807) is 0 Å². The van der Waals surface area contributed by atoms with Gasteiger partial charge in [-0.25, -0.2) is 0 Å². The van der Waals surface area contributed by atoms with Gasteiger partial charge in [0.15, 0.2) is 0 Å². The lowest BCUT2D eigenvalue weighted by molar-refractivity contribution is -0.140. The lowest BCUT2D eigenvalue weighted by Gasteiger charge is -2.56. The Morgan fingerprint density at radius 3 is 2.92 bits per heavy atom. The molecule has 0 spiro atoms. The Morgan fingerprint density at radius 1 is 1.38 bits per heavy atom. The summed E-state index contributed by atoms with van der Waals surface area (Å²) in [7, 11) is 1.46. The van der Waals surface area contributed by atoms with Crippen LogP contribution in [-0.2, 0) is 21.4 Å². The van der Waals surface area contributed by atoms with Crippen LogP contribution in [0.4, 0.5) is 0 Å². The predicted molar refractivity (Wildman–Crippen MR) is 101 cm³/mol. The highest BCUT2D eigenvalue weighted by atomic mass is 16.5. The molecule has 1 aromatic rings. The molecule has 2 bridgehead atoms. The quantitative estimate of drug-likeness (QED) is 0.790. The topological polar surface area (TPSA) is 49.8 Å². The van der Waals surface area contributed by atoms with Crippen LogP contribution >= 0.6 is 0 Å². The zero-order valence-corrected chi connectivity index (χ0v) is 16.0. The molecule has 4 heteroatoms. The van der Waals surface area contributed by atoms with Gasteiger partial charge < -0.3 is 9.84 Å². The Labute approximate surface area is 156 Å². The van der Waals surface area contributed by atoms with Gasteiger partial charge in [-0.1, -0.05) is 13.0 Å². The minimum Gasteiger partial charge on any atom is -0.508 e. The molecule has 1 saturated heterocycles. The maximum absolute atomic E-state index is 11.6. The number of aromatic hydroxyl groups is 1. The molecule has 3 aliphatic rings. The highest BCUT2D eigenvalue weighted by Crippen LogP contribution is 2.52. The normalized spacial score (nSPS) is 30.7. The van der Waals surface area contributed by atoms with Crippen LogP contribution in [0.2, 0.25) is 0 Å². The maximum Gasteiger partial charge on any atom is 0.305 e. The molecule has 1 saturated carbocycles. The third-order valence-corrected chi connectivity index (χ3v) is 7.24. The molecule has 4 rings (SSSR count). The first-order valence-corrected chi connectivity index (χ1v) is 10.2. The SMILES string of the molecule is COC(=O)CCCC12CCN(CC3CC3)[C@H](Cc3ccc(O)cc31)[C@@H]2C. The molecule has 1 aromatic carbocycles. The number of phenols is 1. The van der Waals surface area contributed by atoms with E-state index in [4.69, 9.17) is 4.74 Å². The summed E-state index contributed by atoms with van der Waals surface area (Å²) >= 11 is 0. The van der Waals surface area contributed by atoms with Crippen molar-refractivity contribution in [1.29, 1.82) is 0 Å². The van der Waals surface area contributed by atoms with Gasteiger partial charge in [0.1, 0.15) is 5.75 Å². The van der Waals surface area contributed by atoms with E-state index in [9.17, 15) is 9.90 Å². The fourth-order valence-corrected chi connectivity index (χ4v) is 5.53. The van der Waals surface area contributed by atoms with Gasteiger partial charge in [0.2, 0.25) is 0 Å². The van der Waals surface area contributed by atoms with Crippen LogP contribution in [0.3, 0.4) is 0 Å². The number of methoxy groups -OCH3 is 1. The molecule has 0 radical (unpaired) electrons. The van der Waals surface area contributed by atoms with Crippen molar-refractivity contribution >= 4 is 5.97 Å². The molecule has 26 heavy (non-hydrogen) atoms. The van der Waals surface area contributed by atoms with E-state index in [0.717, 1.165) is 38.1 Å². The van der Waals surface area contributed by atoms with Crippen molar-refractivity contribution in [2.75, 3.05) is 20.2 Å². The lowest BCUT2D eigenvalue weighted by Crippen LogP contribution is -2.59. The number of hydrogen-bond acceptors (Lipinski definition) is 4. The summed E-state index contributed by atoms with van der Waals surface area (Å²) in [5, 5.41) is 10.1. The Hall–Kier alpha value is -1.55. The first-order chi connectivity index (χ1) is 12.5. The predicted octanol–water partition coefficient (Wildman–Crippen LogP) is 3.65. The first-order valence-electron chi connectivity index (χ1n) is 10.2. The zero-order valence-electron chi connectivity index (χ0n) is 16.0. The molecule has 4 nitrogen and oxygen atoms in total. The van der Waals surface area contributed by atoms with Crippen molar-refractivity contribution in [2.24, 2.45) is 11.8 Å². The van der Waals surface area contributed by atoms with Gasteiger partial charge in [0.25, 0.3) is 0 Å². The van der Waals surface area contributed by atoms with Crippen molar-refractivity contribution in [3.8, 4) is 5.75 Å². The van der Waals surface area contributed by atoms with Gasteiger partial charge in [-0.15, -0.1) is 0 Å². The first kappa shape index (κ1) is 17.8. The second-order valence-electron chi connectivity index (χ2n) is 8.68. The number of phenolic OH excluding ortho intramolecular Hbond substituents is 1. The zero-order chi connectivity index (χ0) is 18.3. The molecule has 1 aliphatic heterocycles. The number of piperidine rings is 1. The largest absolute Gasteiger partial charge is 0.508 e. The summed E-state index contributed by atoms with van der Waals surface area (Å²) in [6.07, 6.45) is 7.32. The van der Waals surface area contributed by atoms with E-state index in [2.05, 4.69) is 17.9 Å². The number of nitrogens with zero attached hydrogens (tertiary/aromatic N) is 1. The van der Waals surface area contributed by atoms with Gasteiger partial charge in [-0.2, -0.15) is 0 Å². The Bertz CT molecular complexity index is 684. The van der Waals surface area contributed by atoms with Crippen molar-refractivity contribution in [2.45, 2.75) is 63.3 Å². The van der Waals surface area contributed by atoms with E-state index in [0.29, 0.717) is 24.1 Å². The fraction of sp³-hybridized carbons (Fsp3) is 0.682. The molecule has 0 amide bonds. The van der Waals surface area contributed by atoms with Gasteiger partial charge in [0, 0.05) is 24.4 Å². The minimum absolute atomic E-state index is 0.0745. The van der Waals surface area contributed by atoms with Crippen molar-refractivity contribution in [3.63, 3.8) is 0 Å². The molecule has 2 fully saturated rings. The van der Waals surface area contributed by atoms with Crippen molar-refractivity contribution < 1.29 is 14.6 Å². The summed E-state index contributed by atoms with van der Waals surface area (Å²) in [5.41, 5.74) is 2.80. The van der Waals surface area contributed by atoms with E-state index < -0.39 is 0 Å². The second kappa shape index (κ2) is 6.88. The summed E-state index contributed by atoms with van der Waals surface area (Å²) in [4.78, 5) is 14.3. The van der Waals surface area contributed by atoms with E-state index in [-0.39, 0.29) is 11.4 Å². The number of ether oxygens (including phenoxy) is 1. The number of esters is 1. The van der Waals surface area contributed by atoms with Crippen LogP contribution < -0.4 is 0 Å². The summed E-state index contributed by atoms with van der Waals surface area (Å²) < 4.78 is 4.84. The van der Waals surface area contributed by atoms with Crippen LogP contribution in [0.5, 0.6) is 5.75 Å². The highest BCUT2D eigenvalue weighted by molar-refractivity contribution is 5.69. The number of benzene rings is 1. The minimum atomic E-state index is -0.122. The third kappa shape index (κ3) is 3.13. The molecule has 1 heterocycles. The highest BCUT2D eigenvalue weighted by Gasteiger charge is 2.51. The number of carbonyl (C=O) groups is 1. The van der Waals surface area contributed by atoms with E-state index >= 15 is 0 Å². The number of carbonyl (C=O) groups excluding carboxylic acids is 1. The summed E-state index contributed by atoms with van der Waals surface area (Å²) in [5.74, 6) is 1.70. The molecular weight excluding hydrogens is 326 g/mol. The van der Waals surface area contributed by atoms with Gasteiger partial charge >= 0.3 is 5.97 Å². The van der Waals surface area contributed by atoms with Crippen LogP contribution in [0, 0.1) is 11.8 Å². The second-order valence-corrected chi connectivity index (χ2v) is 8.68. The van der Waals surface area contributed by atoms with Crippen LogP contribution in [0.15, 0.2) is 18.2 Å². The van der Waals surface area contributed by atoms with Gasteiger partial charge in [-0.3, -0.25) is 9.69 Å². The van der Waals surface area contributed by atoms with Crippen LogP contribution in [-0.4, -0.2) is 42.2 Å². The average Bonchev–Trinajstić information content (AvgIpc) is 3.44. The van der Waals surface area contributed by atoms with Crippen LogP contribution in [0.1, 0.15) is 56.6 Å². The Morgan fingerprint density at radius 2 is 2.19 bits per heavy atom. The monoisotopic (exact) mass is 357 g/mol. The Balaban J connectivity index is 1.63. The molecule has 0 aromatic heterocycles. The molecular formula is C22H31NO3. The van der Waals surface area contributed by atoms with Crippen molar-refractivity contribution in [3.05, 3.63) is 29.3 Å². The number of fused-ring (bicyclic) bond motifs is 4. The third-order valence-electron chi connectivity index (χ3n) is 7.24. The van der Waals surface area contributed by atoms with Gasteiger partial charge in [-0.05, 0) is 80.2 Å². The summed E-state index contributed by atoms with van der Waals surface area (Å²) in [6.45, 7) is 4.79. The number of hydrogen-bond donors (Lipinski definition) is 1. The maximum atomic E-state index is 11.6. The molecule has 3 atom stereocenters. The van der Waals surface area contributed by atoms with Crippen LogP contribution in [0.25, 0.3) is 0 Å². The Kier molecular flexibility index (Phi) is 4.72. The van der Waals surface area contributed by atoms with E-state index in [1.165, 1.54) is 37.6 Å². The smallest absolute Gasteiger partial charge is 0.305 e. The van der Waals surface area contributed by atoms with E-state index in [1.807, 2.05) is 12.1 Å². The molecule has 1 N–H and O–H groups in total. The lowest BCUT2D eigenvalue weighted by atomic mass is 9.56. The van der Waals surface area contributed by atoms with Gasteiger partial charge in [0.05, 0.1) is 7.11 Å². The number of likely N-dealkylation sites (tertiary alicyclic amines) is 1.